The Morgan fingerprint density at radius 3 is 2.62 bits per heavy atom. The largest absolute Gasteiger partial charge is 0.376 e. The smallest absolute Gasteiger partial charge is 0.315 e. The van der Waals surface area contributed by atoms with Crippen LogP contribution in [0.25, 0.3) is 0 Å². The lowest BCUT2D eigenvalue weighted by atomic mass is 10.1. The molecule has 3 aliphatic rings. The molecule has 24 heavy (non-hydrogen) atoms. The van der Waals surface area contributed by atoms with Crippen LogP contribution in [0.5, 0.6) is 0 Å². The van der Waals surface area contributed by atoms with Gasteiger partial charge in [0.2, 0.25) is 5.91 Å². The van der Waals surface area contributed by atoms with Gasteiger partial charge < -0.3 is 20.3 Å². The fourth-order valence-corrected chi connectivity index (χ4v) is 4.31. The van der Waals surface area contributed by atoms with Crippen molar-refractivity contribution < 1.29 is 14.3 Å². The van der Waals surface area contributed by atoms with E-state index in [-0.39, 0.29) is 30.1 Å². The molecule has 1 aliphatic carbocycles. The van der Waals surface area contributed by atoms with Gasteiger partial charge in [-0.25, -0.2) is 4.79 Å². The molecule has 2 unspecified atom stereocenters. The molecule has 2 heterocycles. The molecule has 1 saturated carbocycles. The van der Waals surface area contributed by atoms with E-state index in [9.17, 15) is 9.59 Å². The number of urea groups is 1. The summed E-state index contributed by atoms with van der Waals surface area (Å²) in [6.45, 7) is 4.70. The van der Waals surface area contributed by atoms with Crippen molar-refractivity contribution >= 4 is 11.9 Å². The van der Waals surface area contributed by atoms with Crippen LogP contribution in [0.2, 0.25) is 0 Å². The van der Waals surface area contributed by atoms with Crippen molar-refractivity contribution in [2.75, 3.05) is 19.7 Å². The Morgan fingerprint density at radius 1 is 1.17 bits per heavy atom. The van der Waals surface area contributed by atoms with Crippen LogP contribution in [-0.4, -0.2) is 54.7 Å². The molecule has 6 nitrogen and oxygen atoms in total. The van der Waals surface area contributed by atoms with Crippen molar-refractivity contribution in [2.24, 2.45) is 5.92 Å². The van der Waals surface area contributed by atoms with E-state index in [0.29, 0.717) is 5.91 Å². The first-order valence-electron chi connectivity index (χ1n) is 9.64. The van der Waals surface area contributed by atoms with E-state index in [1.54, 1.807) is 0 Å². The van der Waals surface area contributed by atoms with Crippen molar-refractivity contribution in [1.82, 2.24) is 15.5 Å². The lowest BCUT2D eigenvalue weighted by Gasteiger charge is -2.24. The second-order valence-electron chi connectivity index (χ2n) is 7.42. The summed E-state index contributed by atoms with van der Waals surface area (Å²) in [5, 5.41) is 6.13. The third kappa shape index (κ3) is 4.21. The Labute approximate surface area is 144 Å². The standard InChI is InChI=1S/C18H31N3O3/c1-2-15(16-6-5-11-24-16)20-18(23)19-14-8-7-13(12-14)17(22)21-9-3-4-10-21/h13-16H,2-12H2,1H3,(H2,19,20,23)/t13-,14+,15?,16?/m1/s1. The summed E-state index contributed by atoms with van der Waals surface area (Å²) in [4.78, 5) is 26.7. The molecule has 0 spiro atoms. The Balaban J connectivity index is 1.42. The molecule has 0 radical (unpaired) electrons. The zero-order valence-electron chi connectivity index (χ0n) is 14.8. The molecule has 0 aromatic heterocycles. The van der Waals surface area contributed by atoms with Crippen LogP contribution in [0.1, 0.15) is 58.3 Å². The van der Waals surface area contributed by atoms with Crippen molar-refractivity contribution in [2.45, 2.75) is 76.5 Å². The molecule has 2 N–H and O–H groups in total. The first-order valence-corrected chi connectivity index (χ1v) is 9.64. The van der Waals surface area contributed by atoms with Gasteiger partial charge in [-0.3, -0.25) is 4.79 Å². The fourth-order valence-electron chi connectivity index (χ4n) is 4.31. The Morgan fingerprint density at radius 2 is 1.96 bits per heavy atom. The fraction of sp³-hybridized carbons (Fsp3) is 0.889. The number of amides is 3. The molecule has 0 aromatic carbocycles. The predicted octanol–water partition coefficient (Wildman–Crippen LogP) is 2.03. The second kappa shape index (κ2) is 8.19. The van der Waals surface area contributed by atoms with Crippen LogP contribution in [0.3, 0.4) is 0 Å². The second-order valence-corrected chi connectivity index (χ2v) is 7.42. The third-order valence-corrected chi connectivity index (χ3v) is 5.70. The van der Waals surface area contributed by atoms with Crippen molar-refractivity contribution in [3.8, 4) is 0 Å². The summed E-state index contributed by atoms with van der Waals surface area (Å²) < 4.78 is 5.69. The van der Waals surface area contributed by atoms with Gasteiger partial charge in [0.1, 0.15) is 0 Å². The Bertz CT molecular complexity index is 445. The maximum absolute atomic E-state index is 12.5. The highest BCUT2D eigenvalue weighted by Crippen LogP contribution is 2.28. The van der Waals surface area contributed by atoms with Gasteiger partial charge in [-0.05, 0) is 51.4 Å². The molecule has 3 fully saturated rings. The average molecular weight is 337 g/mol. The number of carbonyl (C=O) groups excluding carboxylic acids is 2. The Kier molecular flexibility index (Phi) is 5.98. The minimum Gasteiger partial charge on any atom is -0.376 e. The molecule has 3 amide bonds. The molecular weight excluding hydrogens is 306 g/mol. The van der Waals surface area contributed by atoms with E-state index in [2.05, 4.69) is 17.6 Å². The van der Waals surface area contributed by atoms with E-state index < -0.39 is 0 Å². The minimum atomic E-state index is -0.114. The highest BCUT2D eigenvalue weighted by Gasteiger charge is 2.34. The van der Waals surface area contributed by atoms with Crippen molar-refractivity contribution in [1.29, 1.82) is 0 Å². The molecule has 6 heteroatoms. The maximum Gasteiger partial charge on any atom is 0.315 e. The summed E-state index contributed by atoms with van der Waals surface area (Å²) in [6, 6.07) is 0.0797. The minimum absolute atomic E-state index is 0.0796. The van der Waals surface area contributed by atoms with Crippen molar-refractivity contribution in [3.63, 3.8) is 0 Å². The number of carbonyl (C=O) groups is 2. The molecule has 2 saturated heterocycles. The van der Waals surface area contributed by atoms with E-state index >= 15 is 0 Å². The molecule has 3 rings (SSSR count). The van der Waals surface area contributed by atoms with Gasteiger partial charge in [0.15, 0.2) is 0 Å². The van der Waals surface area contributed by atoms with Crippen LogP contribution in [0, 0.1) is 5.92 Å². The van der Waals surface area contributed by atoms with Crippen LogP contribution in [0.15, 0.2) is 0 Å². The molecule has 136 valence electrons. The normalized spacial score (nSPS) is 31.2. The van der Waals surface area contributed by atoms with Gasteiger partial charge in [0.05, 0.1) is 12.1 Å². The summed E-state index contributed by atoms with van der Waals surface area (Å²) in [7, 11) is 0. The van der Waals surface area contributed by atoms with Crippen LogP contribution >= 0.6 is 0 Å². The van der Waals surface area contributed by atoms with Crippen molar-refractivity contribution in [3.05, 3.63) is 0 Å². The lowest BCUT2D eigenvalue weighted by Crippen LogP contribution is -2.49. The number of nitrogens with zero attached hydrogens (tertiary/aromatic N) is 1. The van der Waals surface area contributed by atoms with E-state index in [0.717, 1.165) is 71.1 Å². The quantitative estimate of drug-likeness (QED) is 0.806. The zero-order chi connectivity index (χ0) is 16.9. The van der Waals surface area contributed by atoms with Crippen LogP contribution in [0.4, 0.5) is 4.79 Å². The monoisotopic (exact) mass is 337 g/mol. The molecule has 2 aliphatic heterocycles. The van der Waals surface area contributed by atoms with Crippen LogP contribution in [-0.2, 0) is 9.53 Å². The summed E-state index contributed by atoms with van der Waals surface area (Å²) >= 11 is 0. The summed E-state index contributed by atoms with van der Waals surface area (Å²) in [5.41, 5.74) is 0. The highest BCUT2D eigenvalue weighted by molar-refractivity contribution is 5.80. The number of nitrogens with one attached hydrogen (secondary N) is 2. The summed E-state index contributed by atoms with van der Waals surface area (Å²) in [5.74, 6) is 0.386. The lowest BCUT2D eigenvalue weighted by molar-refractivity contribution is -0.134. The van der Waals surface area contributed by atoms with Gasteiger partial charge >= 0.3 is 6.03 Å². The van der Waals surface area contributed by atoms with Crippen LogP contribution < -0.4 is 10.6 Å². The molecule has 0 aromatic rings. The van der Waals surface area contributed by atoms with Gasteiger partial charge in [0.25, 0.3) is 0 Å². The van der Waals surface area contributed by atoms with Gasteiger partial charge in [0, 0.05) is 31.7 Å². The Hall–Kier alpha value is -1.30. The number of likely N-dealkylation sites (tertiary alicyclic amines) is 1. The molecular formula is C18H31N3O3. The van der Waals surface area contributed by atoms with E-state index in [4.69, 9.17) is 4.74 Å². The zero-order valence-corrected chi connectivity index (χ0v) is 14.8. The molecule has 4 atom stereocenters. The topological polar surface area (TPSA) is 70.7 Å². The number of rotatable bonds is 5. The molecule has 0 bridgehead atoms. The first-order chi connectivity index (χ1) is 11.7. The van der Waals surface area contributed by atoms with Gasteiger partial charge in [-0.15, -0.1) is 0 Å². The third-order valence-electron chi connectivity index (χ3n) is 5.70. The van der Waals surface area contributed by atoms with Gasteiger partial charge in [-0.1, -0.05) is 6.92 Å². The number of hydrogen-bond acceptors (Lipinski definition) is 3. The SMILES string of the molecule is CCC(NC(=O)N[C@H]1CC[C@@H](C(=O)N2CCCC2)C1)C1CCCO1. The highest BCUT2D eigenvalue weighted by atomic mass is 16.5. The summed E-state index contributed by atoms with van der Waals surface area (Å²) in [6.07, 6.45) is 7.94. The number of hydrogen-bond donors (Lipinski definition) is 2. The first kappa shape index (κ1) is 17.5. The number of ether oxygens (including phenoxy) is 1. The maximum atomic E-state index is 12.5. The van der Waals surface area contributed by atoms with Gasteiger partial charge in [-0.2, -0.15) is 0 Å². The van der Waals surface area contributed by atoms with E-state index in [1.165, 1.54) is 0 Å². The van der Waals surface area contributed by atoms with E-state index in [1.807, 2.05) is 4.90 Å². The predicted molar refractivity (Wildman–Crippen MR) is 91.7 cm³/mol. The average Bonchev–Trinajstić information content (AvgIpc) is 3.33.